The van der Waals surface area contributed by atoms with Crippen molar-refractivity contribution in [3.8, 4) is 0 Å². The highest BCUT2D eigenvalue weighted by molar-refractivity contribution is 14.1. The molecule has 0 aromatic carbocycles. The van der Waals surface area contributed by atoms with E-state index in [0.29, 0.717) is 6.32 Å². The first kappa shape index (κ1) is 9.06. The minimum Gasteiger partial charge on any atom is -0.378 e. The SMILES string of the molecule is [B]CC(C)NC(=O)OI. The maximum absolute atomic E-state index is 10.4. The third-order valence-corrected chi connectivity index (χ3v) is 1.19. The Hall–Kier alpha value is 0.0649. The quantitative estimate of drug-likeness (QED) is 0.577. The van der Waals surface area contributed by atoms with E-state index < -0.39 is 6.09 Å². The van der Waals surface area contributed by atoms with Crippen LogP contribution in [0.2, 0.25) is 6.32 Å². The van der Waals surface area contributed by atoms with Gasteiger partial charge >= 0.3 is 6.09 Å². The summed E-state index contributed by atoms with van der Waals surface area (Å²) in [5.41, 5.74) is 0. The summed E-state index contributed by atoms with van der Waals surface area (Å²) in [6.07, 6.45) is -0.0281. The fraction of sp³-hybridized carbons (Fsp3) is 0.750. The zero-order chi connectivity index (χ0) is 7.28. The van der Waals surface area contributed by atoms with E-state index in [1.54, 1.807) is 6.92 Å². The van der Waals surface area contributed by atoms with Gasteiger partial charge in [-0.15, -0.1) is 0 Å². The first-order chi connectivity index (χ1) is 4.20. The van der Waals surface area contributed by atoms with Gasteiger partial charge in [-0.05, 0) is 6.92 Å². The largest absolute Gasteiger partial charge is 0.416 e. The van der Waals surface area contributed by atoms with Gasteiger partial charge in [-0.25, -0.2) is 4.79 Å². The van der Waals surface area contributed by atoms with Crippen molar-refractivity contribution in [2.24, 2.45) is 0 Å². The van der Waals surface area contributed by atoms with Gasteiger partial charge in [0, 0.05) is 6.04 Å². The van der Waals surface area contributed by atoms with Crippen molar-refractivity contribution in [3.05, 3.63) is 0 Å². The van der Waals surface area contributed by atoms with Crippen LogP contribution in [-0.4, -0.2) is 20.0 Å². The predicted molar refractivity (Wildman–Crippen MR) is 43.7 cm³/mol. The number of carbonyl (C=O) groups is 1. The van der Waals surface area contributed by atoms with Crippen molar-refractivity contribution in [1.29, 1.82) is 0 Å². The number of amides is 1. The van der Waals surface area contributed by atoms with Gasteiger partial charge in [-0.3, -0.25) is 0 Å². The number of rotatable bonds is 2. The molecule has 9 heavy (non-hydrogen) atoms. The van der Waals surface area contributed by atoms with Crippen LogP contribution in [-0.2, 0) is 3.07 Å². The molecule has 0 heterocycles. The third-order valence-electron chi connectivity index (χ3n) is 0.788. The molecule has 1 unspecified atom stereocenters. The molecule has 0 fully saturated rings. The Labute approximate surface area is 69.6 Å². The van der Waals surface area contributed by atoms with Gasteiger partial charge in [0.05, 0.1) is 7.85 Å². The van der Waals surface area contributed by atoms with Gasteiger partial charge in [0.2, 0.25) is 0 Å². The summed E-state index contributed by atoms with van der Waals surface area (Å²) in [5.74, 6) is 0. The Kier molecular flexibility index (Phi) is 4.93. The van der Waals surface area contributed by atoms with Gasteiger partial charge in [0.25, 0.3) is 0 Å². The predicted octanol–water partition coefficient (Wildman–Crippen LogP) is 1.04. The van der Waals surface area contributed by atoms with Crippen LogP contribution in [0.3, 0.4) is 0 Å². The molecular weight excluding hydrogens is 232 g/mol. The van der Waals surface area contributed by atoms with Gasteiger partial charge < -0.3 is 8.38 Å². The molecule has 0 spiro atoms. The molecule has 0 rings (SSSR count). The summed E-state index contributed by atoms with van der Waals surface area (Å²) in [7, 11) is 5.20. The summed E-state index contributed by atoms with van der Waals surface area (Å²) in [6.45, 7) is 1.80. The summed E-state index contributed by atoms with van der Waals surface area (Å²) in [4.78, 5) is 10.4. The molecule has 1 N–H and O–H groups in total. The maximum Gasteiger partial charge on any atom is 0.416 e. The van der Waals surface area contributed by atoms with Gasteiger partial charge in [-0.1, -0.05) is 6.32 Å². The van der Waals surface area contributed by atoms with E-state index in [4.69, 9.17) is 7.85 Å². The van der Waals surface area contributed by atoms with Gasteiger partial charge in [-0.2, -0.15) is 0 Å². The van der Waals surface area contributed by atoms with Crippen LogP contribution in [0.1, 0.15) is 6.92 Å². The lowest BCUT2D eigenvalue weighted by molar-refractivity contribution is 0.212. The van der Waals surface area contributed by atoms with E-state index in [0.717, 1.165) is 0 Å². The smallest absolute Gasteiger partial charge is 0.378 e. The summed E-state index contributed by atoms with van der Waals surface area (Å²) >= 11 is 1.51. The Morgan fingerprint density at radius 2 is 2.56 bits per heavy atom. The first-order valence-electron chi connectivity index (χ1n) is 2.50. The number of halogens is 1. The van der Waals surface area contributed by atoms with Crippen LogP contribution in [0.4, 0.5) is 4.79 Å². The lowest BCUT2D eigenvalue weighted by Crippen LogP contribution is -2.30. The zero-order valence-electron chi connectivity index (χ0n) is 5.06. The Morgan fingerprint density at radius 1 is 2.00 bits per heavy atom. The zero-order valence-corrected chi connectivity index (χ0v) is 7.21. The summed E-state index contributed by atoms with van der Waals surface area (Å²) < 4.78 is 4.29. The Bertz CT molecular complexity index is 101. The molecule has 0 aliphatic heterocycles. The Morgan fingerprint density at radius 3 is 2.89 bits per heavy atom. The molecule has 0 saturated carbocycles. The number of hydrogen-bond donors (Lipinski definition) is 1. The highest BCUT2D eigenvalue weighted by atomic mass is 127. The van der Waals surface area contributed by atoms with Crippen LogP contribution >= 0.6 is 23.0 Å². The van der Waals surface area contributed by atoms with Crippen LogP contribution in [0.25, 0.3) is 0 Å². The second-order valence-corrected chi connectivity index (χ2v) is 2.09. The summed E-state index contributed by atoms with van der Waals surface area (Å²) in [5, 5.41) is 2.49. The van der Waals surface area contributed by atoms with E-state index in [9.17, 15) is 4.79 Å². The van der Waals surface area contributed by atoms with E-state index in [1.807, 2.05) is 0 Å². The lowest BCUT2D eigenvalue weighted by atomic mass is 9.99. The number of hydrogen-bond acceptors (Lipinski definition) is 2. The van der Waals surface area contributed by atoms with E-state index in [-0.39, 0.29) is 6.04 Å². The van der Waals surface area contributed by atoms with Gasteiger partial charge in [0.15, 0.2) is 23.0 Å². The van der Waals surface area contributed by atoms with Crippen molar-refractivity contribution in [3.63, 3.8) is 0 Å². The van der Waals surface area contributed by atoms with Crippen molar-refractivity contribution >= 4 is 36.9 Å². The maximum atomic E-state index is 10.4. The van der Waals surface area contributed by atoms with Crippen molar-refractivity contribution in [2.45, 2.75) is 19.3 Å². The fourth-order valence-electron chi connectivity index (χ4n) is 0.282. The summed E-state index contributed by atoms with van der Waals surface area (Å²) in [6, 6.07) is -0.0211. The fourth-order valence-corrected chi connectivity index (χ4v) is 0.410. The molecule has 0 bridgehead atoms. The van der Waals surface area contributed by atoms with Crippen molar-refractivity contribution in [1.82, 2.24) is 5.32 Å². The molecule has 50 valence electrons. The molecule has 5 heteroatoms. The molecule has 1 amide bonds. The molecule has 0 aliphatic rings. The normalized spacial score (nSPS) is 12.2. The standard InChI is InChI=1S/C4H7BINO2/c1-3(2-5)7-4(8)9-6/h3H,2H2,1H3,(H,7,8). The topological polar surface area (TPSA) is 38.3 Å². The van der Waals surface area contributed by atoms with Crippen molar-refractivity contribution in [2.75, 3.05) is 0 Å². The second kappa shape index (κ2) is 4.90. The van der Waals surface area contributed by atoms with Crippen LogP contribution in [0, 0.1) is 0 Å². The van der Waals surface area contributed by atoms with E-state index in [2.05, 4.69) is 8.38 Å². The first-order valence-corrected chi connectivity index (χ1v) is 3.38. The van der Waals surface area contributed by atoms with Crippen LogP contribution in [0.15, 0.2) is 0 Å². The molecule has 0 saturated heterocycles. The number of carbonyl (C=O) groups excluding carboxylic acids is 1. The van der Waals surface area contributed by atoms with E-state index >= 15 is 0 Å². The number of nitrogens with one attached hydrogen (secondary N) is 1. The molecule has 0 aliphatic carbocycles. The Balaban J connectivity index is 3.34. The highest BCUT2D eigenvalue weighted by Crippen LogP contribution is 1.90. The molecule has 0 aromatic rings. The third kappa shape index (κ3) is 4.56. The monoisotopic (exact) mass is 239 g/mol. The molecule has 1 atom stereocenters. The molecule has 3 nitrogen and oxygen atoms in total. The molecular formula is C4H7BINO2. The van der Waals surface area contributed by atoms with E-state index in [1.165, 1.54) is 23.0 Å². The van der Waals surface area contributed by atoms with Crippen LogP contribution in [0.5, 0.6) is 0 Å². The minimum atomic E-state index is -0.450. The average Bonchev–Trinajstić information content (AvgIpc) is 1.87. The van der Waals surface area contributed by atoms with Gasteiger partial charge in [0.1, 0.15) is 0 Å². The lowest BCUT2D eigenvalue weighted by Gasteiger charge is -2.07. The second-order valence-electron chi connectivity index (χ2n) is 1.65. The van der Waals surface area contributed by atoms with Crippen molar-refractivity contribution < 1.29 is 7.86 Å². The highest BCUT2D eigenvalue weighted by Gasteiger charge is 2.02. The minimum absolute atomic E-state index is 0.0211. The average molecular weight is 239 g/mol. The molecule has 2 radical (unpaired) electrons. The van der Waals surface area contributed by atoms with Crippen LogP contribution < -0.4 is 5.32 Å². The molecule has 0 aromatic heterocycles.